The van der Waals surface area contributed by atoms with Gasteiger partial charge in [-0.25, -0.2) is 0 Å². The average Bonchev–Trinajstić information content (AvgIpc) is 3.67. The second-order valence-electron chi connectivity index (χ2n) is 10.1. The van der Waals surface area contributed by atoms with Crippen LogP contribution in [0.3, 0.4) is 0 Å². The lowest BCUT2D eigenvalue weighted by Crippen LogP contribution is -2.41. The molecule has 0 unspecified atom stereocenters. The number of amides is 2. The topological polar surface area (TPSA) is 66.9 Å². The van der Waals surface area contributed by atoms with Gasteiger partial charge in [0, 0.05) is 42.1 Å². The molecule has 7 heteroatoms. The average molecular weight is 515 g/mol. The van der Waals surface area contributed by atoms with Gasteiger partial charge in [0.05, 0.1) is 30.2 Å². The van der Waals surface area contributed by atoms with Crippen molar-refractivity contribution in [2.75, 3.05) is 37.7 Å². The van der Waals surface area contributed by atoms with Crippen LogP contribution in [0.2, 0.25) is 0 Å². The van der Waals surface area contributed by atoms with Gasteiger partial charge in [0.2, 0.25) is 5.91 Å². The minimum Gasteiger partial charge on any atom is -0.378 e. The number of carbonyl (C=O) groups excluding carboxylic acids is 3. The van der Waals surface area contributed by atoms with Crippen molar-refractivity contribution in [2.24, 2.45) is 5.92 Å². The maximum absolute atomic E-state index is 13.7. The molecule has 0 radical (unpaired) electrons. The Balaban J connectivity index is 1.20. The Labute approximate surface area is 220 Å². The van der Waals surface area contributed by atoms with Crippen molar-refractivity contribution in [3.63, 3.8) is 0 Å². The predicted octanol–water partition coefficient (Wildman–Crippen LogP) is 5.00. The summed E-state index contributed by atoms with van der Waals surface area (Å²) in [7, 11) is 0. The molecule has 0 bridgehead atoms. The summed E-state index contributed by atoms with van der Waals surface area (Å²) < 4.78 is 5.33. The van der Waals surface area contributed by atoms with E-state index < -0.39 is 0 Å². The number of Topliss-reactive ketones (excluding diaryl/α,β-unsaturated/α-hetero) is 1. The Kier molecular flexibility index (Phi) is 6.65. The molecular formula is C30H30N2O4S. The normalized spacial score (nSPS) is 17.1. The molecule has 2 aliphatic heterocycles. The van der Waals surface area contributed by atoms with Gasteiger partial charge in [0.1, 0.15) is 0 Å². The van der Waals surface area contributed by atoms with Crippen molar-refractivity contribution in [1.82, 2.24) is 4.90 Å². The van der Waals surface area contributed by atoms with Gasteiger partial charge in [0.25, 0.3) is 5.91 Å². The zero-order chi connectivity index (χ0) is 25.4. The van der Waals surface area contributed by atoms with Crippen LogP contribution in [-0.2, 0) is 22.4 Å². The van der Waals surface area contributed by atoms with E-state index in [-0.39, 0.29) is 17.6 Å². The van der Waals surface area contributed by atoms with Crippen LogP contribution >= 0.6 is 11.3 Å². The maximum Gasteiger partial charge on any atom is 0.258 e. The van der Waals surface area contributed by atoms with Gasteiger partial charge in [-0.2, -0.15) is 0 Å². The van der Waals surface area contributed by atoms with Gasteiger partial charge < -0.3 is 14.5 Å². The van der Waals surface area contributed by atoms with E-state index >= 15 is 0 Å². The minimum absolute atomic E-state index is 0.0568. The molecule has 37 heavy (non-hydrogen) atoms. The van der Waals surface area contributed by atoms with Crippen LogP contribution in [0.4, 0.5) is 5.69 Å². The van der Waals surface area contributed by atoms with Crippen LogP contribution < -0.4 is 4.90 Å². The second kappa shape index (κ2) is 10.2. The summed E-state index contributed by atoms with van der Waals surface area (Å²) in [4.78, 5) is 44.6. The molecule has 3 aliphatic rings. The Morgan fingerprint density at radius 3 is 2.46 bits per heavy atom. The Morgan fingerprint density at radius 2 is 1.70 bits per heavy atom. The number of ether oxygens (including phenoxy) is 1. The van der Waals surface area contributed by atoms with Crippen LogP contribution in [0, 0.1) is 5.92 Å². The SMILES string of the molecule is O=C(CC1CC1)c1cc2c(s1)-c1ccccc1N(C(=O)c1ccc(CC(=O)N3CCOCC3)cc1)CC2. The number of benzene rings is 2. The number of morpholine rings is 1. The highest BCUT2D eigenvalue weighted by molar-refractivity contribution is 7.17. The molecule has 0 atom stereocenters. The summed E-state index contributed by atoms with van der Waals surface area (Å²) in [6.07, 6.45) is 4.02. The number of hydrogen-bond donors (Lipinski definition) is 0. The van der Waals surface area contributed by atoms with Gasteiger partial charge in [-0.1, -0.05) is 30.3 Å². The molecule has 6 rings (SSSR count). The third-order valence-corrected chi connectivity index (χ3v) is 8.72. The number of carbonyl (C=O) groups is 3. The van der Waals surface area contributed by atoms with E-state index in [4.69, 9.17) is 4.74 Å². The summed E-state index contributed by atoms with van der Waals surface area (Å²) in [5, 5.41) is 0. The van der Waals surface area contributed by atoms with Crippen molar-refractivity contribution >= 4 is 34.6 Å². The van der Waals surface area contributed by atoms with Crippen LogP contribution in [-0.4, -0.2) is 55.3 Å². The summed E-state index contributed by atoms with van der Waals surface area (Å²) in [6, 6.07) is 17.4. The van der Waals surface area contributed by atoms with Gasteiger partial charge >= 0.3 is 0 Å². The van der Waals surface area contributed by atoms with Crippen LogP contribution in [0.1, 0.15) is 50.4 Å². The highest BCUT2D eigenvalue weighted by atomic mass is 32.1. The molecule has 2 fully saturated rings. The molecule has 1 aromatic heterocycles. The fourth-order valence-electron chi connectivity index (χ4n) is 5.15. The highest BCUT2D eigenvalue weighted by Gasteiger charge is 2.29. The van der Waals surface area contributed by atoms with Crippen molar-refractivity contribution in [1.29, 1.82) is 0 Å². The number of nitrogens with zero attached hydrogens (tertiary/aromatic N) is 2. The van der Waals surface area contributed by atoms with E-state index in [0.717, 1.165) is 32.1 Å². The molecule has 1 aliphatic carbocycles. The van der Waals surface area contributed by atoms with Gasteiger partial charge in [0.15, 0.2) is 5.78 Å². The van der Waals surface area contributed by atoms with E-state index in [2.05, 4.69) is 6.07 Å². The lowest BCUT2D eigenvalue weighted by Gasteiger charge is -2.27. The van der Waals surface area contributed by atoms with Gasteiger partial charge in [-0.05, 0) is 60.6 Å². The monoisotopic (exact) mass is 514 g/mol. The summed E-state index contributed by atoms with van der Waals surface area (Å²) in [6.45, 7) is 2.98. The Bertz CT molecular complexity index is 1340. The summed E-state index contributed by atoms with van der Waals surface area (Å²) in [5.41, 5.74) is 4.52. The van der Waals surface area contributed by atoms with Gasteiger partial charge in [-0.3, -0.25) is 14.4 Å². The fraction of sp³-hybridized carbons (Fsp3) is 0.367. The molecule has 190 valence electrons. The predicted molar refractivity (Wildman–Crippen MR) is 144 cm³/mol. The first-order valence-corrected chi connectivity index (χ1v) is 13.9. The van der Waals surface area contributed by atoms with E-state index in [0.29, 0.717) is 63.6 Å². The largest absolute Gasteiger partial charge is 0.378 e. The zero-order valence-electron chi connectivity index (χ0n) is 20.8. The molecule has 6 nitrogen and oxygen atoms in total. The third kappa shape index (κ3) is 5.11. The van der Waals surface area contributed by atoms with Crippen LogP contribution in [0.15, 0.2) is 54.6 Å². The Hall–Kier alpha value is -3.29. The van der Waals surface area contributed by atoms with Crippen molar-refractivity contribution < 1.29 is 19.1 Å². The number of ketones is 1. The molecular weight excluding hydrogens is 484 g/mol. The maximum atomic E-state index is 13.7. The van der Waals surface area contributed by atoms with E-state index in [1.807, 2.05) is 58.3 Å². The number of fused-ring (bicyclic) bond motifs is 3. The molecule has 1 saturated carbocycles. The highest BCUT2D eigenvalue weighted by Crippen LogP contribution is 2.43. The number of thiophene rings is 1. The second-order valence-corrected chi connectivity index (χ2v) is 11.2. The molecule has 0 N–H and O–H groups in total. The number of rotatable bonds is 6. The smallest absolute Gasteiger partial charge is 0.258 e. The van der Waals surface area contributed by atoms with E-state index in [1.165, 1.54) is 12.8 Å². The quantitative estimate of drug-likeness (QED) is 0.434. The lowest BCUT2D eigenvalue weighted by molar-refractivity contribution is -0.134. The number of hydrogen-bond acceptors (Lipinski definition) is 5. The van der Waals surface area contributed by atoms with Crippen molar-refractivity contribution in [3.05, 3.63) is 76.2 Å². The van der Waals surface area contributed by atoms with Crippen LogP contribution in [0.5, 0.6) is 0 Å². The molecule has 2 amide bonds. The number of anilines is 1. The first-order chi connectivity index (χ1) is 18.1. The summed E-state index contributed by atoms with van der Waals surface area (Å²) >= 11 is 1.57. The Morgan fingerprint density at radius 1 is 0.946 bits per heavy atom. The van der Waals surface area contributed by atoms with Crippen LogP contribution in [0.25, 0.3) is 10.4 Å². The molecule has 1 saturated heterocycles. The minimum atomic E-state index is -0.0568. The number of para-hydroxylation sites is 1. The van der Waals surface area contributed by atoms with Crippen molar-refractivity contribution in [3.8, 4) is 10.4 Å². The fourth-order valence-corrected chi connectivity index (χ4v) is 6.34. The molecule has 3 heterocycles. The van der Waals surface area contributed by atoms with E-state index in [9.17, 15) is 14.4 Å². The first-order valence-electron chi connectivity index (χ1n) is 13.1. The standard InChI is InChI=1S/C30H30N2O4S/c33-26(17-20-5-6-20)27-19-23-11-12-32(25-4-2-1-3-24(25)29(23)37-27)30(35)22-9-7-21(8-10-22)18-28(34)31-13-15-36-16-14-31/h1-4,7-10,19-20H,5-6,11-18H2. The van der Waals surface area contributed by atoms with E-state index in [1.54, 1.807) is 11.3 Å². The summed E-state index contributed by atoms with van der Waals surface area (Å²) in [5.74, 6) is 0.848. The molecule has 0 spiro atoms. The molecule has 2 aromatic carbocycles. The van der Waals surface area contributed by atoms with Gasteiger partial charge in [-0.15, -0.1) is 11.3 Å². The molecule has 3 aromatic rings. The third-order valence-electron chi connectivity index (χ3n) is 7.46. The lowest BCUT2D eigenvalue weighted by atomic mass is 10.1. The van der Waals surface area contributed by atoms with Crippen molar-refractivity contribution in [2.45, 2.75) is 32.1 Å². The first kappa shape index (κ1) is 24.1. The zero-order valence-corrected chi connectivity index (χ0v) is 21.6.